The minimum atomic E-state index is -0.605. The highest BCUT2D eigenvalue weighted by Gasteiger charge is 2.35. The van der Waals surface area contributed by atoms with E-state index in [0.717, 1.165) is 4.90 Å². The molecule has 0 radical (unpaired) electrons. The van der Waals surface area contributed by atoms with Gasteiger partial charge in [0.2, 0.25) is 0 Å². The number of amides is 2. The van der Waals surface area contributed by atoms with Gasteiger partial charge in [-0.2, -0.15) is 0 Å². The standard InChI is InChI=1S/C19H12ClFN2O4S/c20-14-7-4-8-15(21)13(14)11-22-18(24)17(28-19(22)25)10-3-6-12-5-1-2-9-16(12)23(26)27/h1-10H,11H2/b6-3+,17-10-. The minimum Gasteiger partial charge on any atom is -0.268 e. The Kier molecular flexibility index (Phi) is 5.91. The van der Waals surface area contributed by atoms with E-state index in [-0.39, 0.29) is 27.7 Å². The first-order valence-electron chi connectivity index (χ1n) is 7.97. The van der Waals surface area contributed by atoms with E-state index in [9.17, 15) is 24.1 Å². The summed E-state index contributed by atoms with van der Waals surface area (Å²) in [6.07, 6.45) is 4.32. The van der Waals surface area contributed by atoms with E-state index in [1.165, 1.54) is 42.5 Å². The number of carbonyl (C=O) groups is 2. The van der Waals surface area contributed by atoms with Gasteiger partial charge in [-0.05, 0) is 42.1 Å². The van der Waals surface area contributed by atoms with Crippen LogP contribution < -0.4 is 0 Å². The largest absolute Gasteiger partial charge is 0.293 e. The Hall–Kier alpha value is -2.97. The third kappa shape index (κ3) is 4.13. The predicted octanol–water partition coefficient (Wildman–Crippen LogP) is 5.18. The number of thioether (sulfide) groups is 1. The Morgan fingerprint density at radius 2 is 1.93 bits per heavy atom. The molecule has 1 aliphatic rings. The summed E-state index contributed by atoms with van der Waals surface area (Å²) in [5.74, 6) is -1.19. The van der Waals surface area contributed by atoms with Crippen LogP contribution >= 0.6 is 23.4 Å². The van der Waals surface area contributed by atoms with Crippen molar-refractivity contribution in [1.82, 2.24) is 4.90 Å². The summed E-state index contributed by atoms with van der Waals surface area (Å²) in [6.45, 7) is -0.276. The molecule has 3 rings (SSSR count). The van der Waals surface area contributed by atoms with Gasteiger partial charge in [-0.1, -0.05) is 35.9 Å². The number of para-hydroxylation sites is 1. The number of allylic oxidation sites excluding steroid dienone is 2. The van der Waals surface area contributed by atoms with E-state index in [2.05, 4.69) is 0 Å². The number of nitrogens with zero attached hydrogens (tertiary/aromatic N) is 2. The number of hydrogen-bond acceptors (Lipinski definition) is 5. The average molecular weight is 419 g/mol. The lowest BCUT2D eigenvalue weighted by atomic mass is 10.1. The van der Waals surface area contributed by atoms with E-state index in [1.54, 1.807) is 18.2 Å². The van der Waals surface area contributed by atoms with Crippen molar-refractivity contribution >= 4 is 46.3 Å². The van der Waals surface area contributed by atoms with Crippen molar-refractivity contribution in [2.45, 2.75) is 6.54 Å². The normalized spacial score (nSPS) is 15.8. The number of nitro groups is 1. The van der Waals surface area contributed by atoms with Crippen LogP contribution in [-0.4, -0.2) is 21.0 Å². The summed E-state index contributed by atoms with van der Waals surface area (Å²) >= 11 is 6.66. The van der Waals surface area contributed by atoms with Crippen LogP contribution in [-0.2, 0) is 11.3 Å². The van der Waals surface area contributed by atoms with Gasteiger partial charge in [0, 0.05) is 16.7 Å². The molecule has 2 amide bonds. The molecule has 1 aliphatic heterocycles. The Balaban J connectivity index is 1.79. The summed E-state index contributed by atoms with van der Waals surface area (Å²) < 4.78 is 13.9. The summed E-state index contributed by atoms with van der Waals surface area (Å²) in [5, 5.41) is 10.6. The lowest BCUT2D eigenvalue weighted by Gasteiger charge is -2.14. The molecule has 6 nitrogen and oxygen atoms in total. The van der Waals surface area contributed by atoms with Crippen molar-refractivity contribution in [1.29, 1.82) is 0 Å². The minimum absolute atomic E-state index is 0.0585. The van der Waals surface area contributed by atoms with E-state index < -0.39 is 21.9 Å². The molecular formula is C19H12ClFN2O4S. The molecule has 0 aliphatic carbocycles. The van der Waals surface area contributed by atoms with Gasteiger partial charge in [0.05, 0.1) is 21.9 Å². The lowest BCUT2D eigenvalue weighted by Crippen LogP contribution is -2.28. The monoisotopic (exact) mass is 418 g/mol. The molecule has 2 aromatic carbocycles. The third-order valence-corrected chi connectivity index (χ3v) is 5.19. The van der Waals surface area contributed by atoms with E-state index in [0.29, 0.717) is 17.3 Å². The van der Waals surface area contributed by atoms with E-state index in [1.807, 2.05) is 0 Å². The number of rotatable bonds is 5. The van der Waals surface area contributed by atoms with Gasteiger partial charge in [0.1, 0.15) is 5.82 Å². The zero-order valence-corrected chi connectivity index (χ0v) is 15.7. The molecule has 0 bridgehead atoms. The van der Waals surface area contributed by atoms with Crippen LogP contribution in [0.25, 0.3) is 6.08 Å². The molecule has 1 fully saturated rings. The van der Waals surface area contributed by atoms with Gasteiger partial charge in [-0.25, -0.2) is 4.39 Å². The molecular weight excluding hydrogens is 407 g/mol. The molecule has 1 heterocycles. The SMILES string of the molecule is O=C1S/C(=C\C=C\c2ccccc2[N+](=O)[O-])C(=O)N1Cc1c(F)cccc1Cl. The molecule has 0 saturated carbocycles. The highest BCUT2D eigenvalue weighted by Crippen LogP contribution is 2.33. The fourth-order valence-electron chi connectivity index (χ4n) is 2.53. The van der Waals surface area contributed by atoms with Crippen molar-refractivity contribution in [2.75, 3.05) is 0 Å². The summed E-state index contributed by atoms with van der Waals surface area (Å²) in [6, 6.07) is 10.2. The molecule has 0 unspecified atom stereocenters. The second kappa shape index (κ2) is 8.37. The van der Waals surface area contributed by atoms with Crippen molar-refractivity contribution in [3.8, 4) is 0 Å². The van der Waals surface area contributed by atoms with Crippen molar-refractivity contribution in [3.63, 3.8) is 0 Å². The van der Waals surface area contributed by atoms with Crippen LogP contribution in [0.3, 0.4) is 0 Å². The Labute approximate surface area is 168 Å². The first kappa shape index (κ1) is 19.8. The number of imide groups is 1. The molecule has 142 valence electrons. The van der Waals surface area contributed by atoms with E-state index in [4.69, 9.17) is 11.6 Å². The molecule has 9 heteroatoms. The Morgan fingerprint density at radius 3 is 2.64 bits per heavy atom. The summed E-state index contributed by atoms with van der Waals surface area (Å²) in [7, 11) is 0. The van der Waals surface area contributed by atoms with Gasteiger partial charge in [-0.3, -0.25) is 24.6 Å². The molecule has 0 N–H and O–H groups in total. The number of benzene rings is 2. The number of carbonyl (C=O) groups excluding carboxylic acids is 2. The molecule has 0 spiro atoms. The van der Waals surface area contributed by atoms with Crippen LogP contribution in [0, 0.1) is 15.9 Å². The third-order valence-electron chi connectivity index (χ3n) is 3.91. The Morgan fingerprint density at radius 1 is 1.18 bits per heavy atom. The van der Waals surface area contributed by atoms with Crippen LogP contribution in [0.15, 0.2) is 59.5 Å². The second-order valence-electron chi connectivity index (χ2n) is 5.67. The molecule has 0 aromatic heterocycles. The van der Waals surface area contributed by atoms with Crippen LogP contribution in [0.2, 0.25) is 5.02 Å². The molecule has 28 heavy (non-hydrogen) atoms. The van der Waals surface area contributed by atoms with Crippen molar-refractivity contribution in [2.24, 2.45) is 0 Å². The predicted molar refractivity (Wildman–Crippen MR) is 105 cm³/mol. The summed E-state index contributed by atoms with van der Waals surface area (Å²) in [5.41, 5.74) is 0.346. The number of hydrogen-bond donors (Lipinski definition) is 0. The fraction of sp³-hybridized carbons (Fsp3) is 0.0526. The quantitative estimate of drug-likeness (QED) is 0.379. The van der Waals surface area contributed by atoms with Crippen LogP contribution in [0.1, 0.15) is 11.1 Å². The van der Waals surface area contributed by atoms with Gasteiger partial charge in [0.15, 0.2) is 0 Å². The summed E-state index contributed by atoms with van der Waals surface area (Å²) in [4.78, 5) is 36.2. The van der Waals surface area contributed by atoms with Gasteiger partial charge >= 0.3 is 0 Å². The van der Waals surface area contributed by atoms with Crippen LogP contribution in [0.4, 0.5) is 14.9 Å². The lowest BCUT2D eigenvalue weighted by molar-refractivity contribution is -0.385. The van der Waals surface area contributed by atoms with E-state index >= 15 is 0 Å². The van der Waals surface area contributed by atoms with Gasteiger partial charge < -0.3 is 0 Å². The van der Waals surface area contributed by atoms with Crippen molar-refractivity contribution < 1.29 is 18.9 Å². The number of nitro benzene ring substituents is 1. The zero-order valence-electron chi connectivity index (χ0n) is 14.2. The van der Waals surface area contributed by atoms with Gasteiger partial charge in [-0.15, -0.1) is 0 Å². The second-order valence-corrected chi connectivity index (χ2v) is 7.07. The average Bonchev–Trinajstić information content (AvgIpc) is 2.92. The highest BCUT2D eigenvalue weighted by atomic mass is 35.5. The maximum absolute atomic E-state index is 13.9. The highest BCUT2D eigenvalue weighted by molar-refractivity contribution is 8.18. The maximum Gasteiger partial charge on any atom is 0.293 e. The smallest absolute Gasteiger partial charge is 0.268 e. The first-order chi connectivity index (χ1) is 13.4. The molecule has 1 saturated heterocycles. The van der Waals surface area contributed by atoms with Gasteiger partial charge in [0.25, 0.3) is 16.8 Å². The first-order valence-corrected chi connectivity index (χ1v) is 9.16. The van der Waals surface area contributed by atoms with Crippen LogP contribution in [0.5, 0.6) is 0 Å². The topological polar surface area (TPSA) is 80.5 Å². The molecule has 2 aromatic rings. The number of halogens is 2. The molecule has 0 atom stereocenters. The van der Waals surface area contributed by atoms with Crippen molar-refractivity contribution in [3.05, 3.63) is 91.6 Å². The zero-order chi connectivity index (χ0) is 20.3. The maximum atomic E-state index is 13.9. The fourth-order valence-corrected chi connectivity index (χ4v) is 3.54. The Bertz CT molecular complexity index is 1020.